The molecule has 0 spiro atoms. The van der Waals surface area contributed by atoms with E-state index in [4.69, 9.17) is 0 Å². The van der Waals surface area contributed by atoms with Gasteiger partial charge in [-0.2, -0.15) is 0 Å². The van der Waals surface area contributed by atoms with Gasteiger partial charge in [-0.15, -0.1) is 11.8 Å². The summed E-state index contributed by atoms with van der Waals surface area (Å²) in [5.41, 5.74) is 1.02. The summed E-state index contributed by atoms with van der Waals surface area (Å²) in [6.07, 6.45) is 4.30. The number of aromatic amines is 1. The van der Waals surface area contributed by atoms with Crippen LogP contribution in [0.5, 0.6) is 0 Å². The first-order valence-corrected chi connectivity index (χ1v) is 8.62. The van der Waals surface area contributed by atoms with Gasteiger partial charge in [0.1, 0.15) is 0 Å². The van der Waals surface area contributed by atoms with Crippen molar-refractivity contribution in [2.45, 2.75) is 18.2 Å². The standard InChI is InChI=1S/C11H16N2O3S2/c14-11(13-6-9-1-3-12-5-9)7-17-10-2-4-18(15,16)8-10/h1,3,5,10,12H,2,4,6-8H2,(H,13,14). The molecule has 1 unspecified atom stereocenters. The van der Waals surface area contributed by atoms with Crippen LogP contribution in [-0.2, 0) is 21.2 Å². The molecule has 5 nitrogen and oxygen atoms in total. The molecule has 0 radical (unpaired) electrons. The number of sulfone groups is 1. The van der Waals surface area contributed by atoms with Crippen molar-refractivity contribution < 1.29 is 13.2 Å². The lowest BCUT2D eigenvalue weighted by Gasteiger charge is -2.07. The van der Waals surface area contributed by atoms with Gasteiger partial charge in [0, 0.05) is 24.2 Å². The van der Waals surface area contributed by atoms with E-state index >= 15 is 0 Å². The van der Waals surface area contributed by atoms with Gasteiger partial charge in [-0.05, 0) is 18.1 Å². The maximum atomic E-state index is 11.6. The van der Waals surface area contributed by atoms with Crippen LogP contribution in [-0.4, -0.2) is 41.8 Å². The molecule has 2 rings (SSSR count). The van der Waals surface area contributed by atoms with E-state index in [-0.39, 0.29) is 22.7 Å². The van der Waals surface area contributed by atoms with Crippen LogP contribution in [0.1, 0.15) is 12.0 Å². The lowest BCUT2D eigenvalue weighted by Crippen LogP contribution is -2.25. The number of carbonyl (C=O) groups is 1. The minimum absolute atomic E-state index is 0.0505. The quantitative estimate of drug-likeness (QED) is 0.829. The van der Waals surface area contributed by atoms with E-state index in [2.05, 4.69) is 10.3 Å². The maximum absolute atomic E-state index is 11.6. The molecule has 2 heterocycles. The molecular formula is C11H16N2O3S2. The molecular weight excluding hydrogens is 272 g/mol. The van der Waals surface area contributed by atoms with Gasteiger partial charge in [-0.3, -0.25) is 4.79 Å². The third-order valence-corrected chi connectivity index (χ3v) is 6.07. The topological polar surface area (TPSA) is 79.0 Å². The van der Waals surface area contributed by atoms with Crippen molar-refractivity contribution >= 4 is 27.5 Å². The van der Waals surface area contributed by atoms with Gasteiger partial charge < -0.3 is 10.3 Å². The van der Waals surface area contributed by atoms with E-state index in [1.165, 1.54) is 11.8 Å². The van der Waals surface area contributed by atoms with Crippen molar-refractivity contribution in [3.05, 3.63) is 24.0 Å². The smallest absolute Gasteiger partial charge is 0.230 e. The second-order valence-electron chi connectivity index (χ2n) is 4.33. The number of thioether (sulfide) groups is 1. The number of rotatable bonds is 5. The van der Waals surface area contributed by atoms with E-state index in [1.807, 2.05) is 12.3 Å². The van der Waals surface area contributed by atoms with Gasteiger partial charge in [0.2, 0.25) is 5.91 Å². The number of H-pyrrole nitrogens is 1. The third-order valence-electron chi connectivity index (χ3n) is 2.79. The monoisotopic (exact) mass is 288 g/mol. The summed E-state index contributed by atoms with van der Waals surface area (Å²) < 4.78 is 22.5. The minimum Gasteiger partial charge on any atom is -0.367 e. The number of aromatic nitrogens is 1. The van der Waals surface area contributed by atoms with E-state index in [0.717, 1.165) is 5.56 Å². The molecule has 1 atom stereocenters. The summed E-state index contributed by atoms with van der Waals surface area (Å²) in [7, 11) is -2.85. The van der Waals surface area contributed by atoms with E-state index in [1.54, 1.807) is 6.20 Å². The Morgan fingerprint density at radius 2 is 2.39 bits per heavy atom. The molecule has 1 aromatic rings. The summed E-state index contributed by atoms with van der Waals surface area (Å²) >= 11 is 1.43. The number of carbonyl (C=O) groups excluding carboxylic acids is 1. The van der Waals surface area contributed by atoms with Gasteiger partial charge >= 0.3 is 0 Å². The van der Waals surface area contributed by atoms with Crippen molar-refractivity contribution in [3.63, 3.8) is 0 Å². The number of hydrogen-bond acceptors (Lipinski definition) is 4. The van der Waals surface area contributed by atoms with Gasteiger partial charge in [0.15, 0.2) is 9.84 Å². The van der Waals surface area contributed by atoms with Crippen molar-refractivity contribution in [3.8, 4) is 0 Å². The van der Waals surface area contributed by atoms with Crippen molar-refractivity contribution in [2.75, 3.05) is 17.3 Å². The average Bonchev–Trinajstić information content (AvgIpc) is 2.93. The van der Waals surface area contributed by atoms with Gasteiger partial charge in [0.05, 0.1) is 17.3 Å². The first-order chi connectivity index (χ1) is 8.55. The largest absolute Gasteiger partial charge is 0.367 e. The van der Waals surface area contributed by atoms with Crippen molar-refractivity contribution in [1.29, 1.82) is 0 Å². The Balaban J connectivity index is 1.66. The summed E-state index contributed by atoms with van der Waals surface area (Å²) in [5, 5.41) is 2.88. The van der Waals surface area contributed by atoms with Crippen LogP contribution in [0.25, 0.3) is 0 Å². The highest BCUT2D eigenvalue weighted by Gasteiger charge is 2.28. The highest BCUT2D eigenvalue weighted by molar-refractivity contribution is 8.02. The predicted molar refractivity (Wildman–Crippen MR) is 72.2 cm³/mol. The fraction of sp³-hybridized carbons (Fsp3) is 0.545. The Hall–Kier alpha value is -0.950. The lowest BCUT2D eigenvalue weighted by molar-refractivity contribution is -0.118. The molecule has 0 bridgehead atoms. The average molecular weight is 288 g/mol. The zero-order chi connectivity index (χ0) is 13.0. The highest BCUT2D eigenvalue weighted by atomic mass is 32.2. The summed E-state index contributed by atoms with van der Waals surface area (Å²) in [5.74, 6) is 0.744. The molecule has 1 saturated heterocycles. The summed E-state index contributed by atoms with van der Waals surface area (Å²) in [4.78, 5) is 14.5. The van der Waals surface area contributed by atoms with Crippen LogP contribution in [0.4, 0.5) is 0 Å². The second-order valence-corrected chi connectivity index (χ2v) is 7.85. The molecule has 0 saturated carbocycles. The molecule has 1 aliphatic rings. The molecule has 1 aromatic heterocycles. The Morgan fingerprint density at radius 1 is 1.56 bits per heavy atom. The summed E-state index contributed by atoms with van der Waals surface area (Å²) in [6.45, 7) is 0.506. The highest BCUT2D eigenvalue weighted by Crippen LogP contribution is 2.23. The van der Waals surface area contributed by atoms with Crippen LogP contribution in [0, 0.1) is 0 Å². The number of hydrogen-bond donors (Lipinski definition) is 2. The Morgan fingerprint density at radius 3 is 3.00 bits per heavy atom. The molecule has 1 amide bonds. The predicted octanol–water partition coefficient (Wildman–Crippen LogP) is 0.551. The SMILES string of the molecule is O=C(CSC1CCS(=O)(=O)C1)NCc1cc[nH]c1. The van der Waals surface area contributed by atoms with Gasteiger partial charge in [-0.1, -0.05) is 0 Å². The first-order valence-electron chi connectivity index (χ1n) is 5.75. The van der Waals surface area contributed by atoms with Crippen molar-refractivity contribution in [1.82, 2.24) is 10.3 Å². The first kappa shape index (κ1) is 13.5. The molecule has 2 N–H and O–H groups in total. The Labute approximate surface area is 111 Å². The molecule has 1 aliphatic heterocycles. The molecule has 7 heteroatoms. The fourth-order valence-corrected chi connectivity index (χ4v) is 5.28. The fourth-order valence-electron chi connectivity index (χ4n) is 1.81. The second kappa shape index (κ2) is 5.79. The summed E-state index contributed by atoms with van der Waals surface area (Å²) in [6, 6.07) is 1.90. The number of nitrogens with one attached hydrogen (secondary N) is 2. The molecule has 100 valence electrons. The Kier molecular flexibility index (Phi) is 4.34. The van der Waals surface area contributed by atoms with Gasteiger partial charge in [0.25, 0.3) is 0 Å². The molecule has 0 aromatic carbocycles. The zero-order valence-electron chi connectivity index (χ0n) is 9.89. The Bertz CT molecular complexity index is 496. The van der Waals surface area contributed by atoms with Crippen LogP contribution in [0.2, 0.25) is 0 Å². The third kappa shape index (κ3) is 4.06. The van der Waals surface area contributed by atoms with E-state index in [0.29, 0.717) is 18.7 Å². The normalized spacial score (nSPS) is 21.9. The van der Waals surface area contributed by atoms with Crippen LogP contribution >= 0.6 is 11.8 Å². The minimum atomic E-state index is -2.85. The van der Waals surface area contributed by atoms with E-state index in [9.17, 15) is 13.2 Å². The number of amides is 1. The molecule has 18 heavy (non-hydrogen) atoms. The molecule has 1 fully saturated rings. The van der Waals surface area contributed by atoms with Crippen molar-refractivity contribution in [2.24, 2.45) is 0 Å². The van der Waals surface area contributed by atoms with Gasteiger partial charge in [-0.25, -0.2) is 8.42 Å². The molecule has 0 aliphatic carbocycles. The van der Waals surface area contributed by atoms with Crippen LogP contribution in [0.15, 0.2) is 18.5 Å². The lowest BCUT2D eigenvalue weighted by atomic mass is 10.3. The van der Waals surface area contributed by atoms with Crippen LogP contribution < -0.4 is 5.32 Å². The van der Waals surface area contributed by atoms with E-state index < -0.39 is 9.84 Å². The maximum Gasteiger partial charge on any atom is 0.230 e. The van der Waals surface area contributed by atoms with Crippen LogP contribution in [0.3, 0.4) is 0 Å². The zero-order valence-corrected chi connectivity index (χ0v) is 11.5.